The molecular formula is C19H26N4O. The number of ether oxygens (including phenoxy) is 1. The fourth-order valence-corrected chi connectivity index (χ4v) is 3.02. The van der Waals surface area contributed by atoms with Crippen LogP contribution >= 0.6 is 0 Å². The monoisotopic (exact) mass is 326 g/mol. The Kier molecular flexibility index (Phi) is 5.51. The summed E-state index contributed by atoms with van der Waals surface area (Å²) in [5, 5.41) is 3.39. The third-order valence-corrected chi connectivity index (χ3v) is 4.18. The highest BCUT2D eigenvalue weighted by atomic mass is 16.5. The number of rotatable bonds is 5. The van der Waals surface area contributed by atoms with Crippen LogP contribution in [0.15, 0.2) is 30.3 Å². The van der Waals surface area contributed by atoms with E-state index >= 15 is 0 Å². The number of hydrogen-bond acceptors (Lipinski definition) is 5. The Hall–Kier alpha value is -2.30. The average molecular weight is 326 g/mol. The van der Waals surface area contributed by atoms with Gasteiger partial charge in [0.25, 0.3) is 0 Å². The number of hydrogen-bond donors (Lipinski definition) is 1. The lowest BCUT2D eigenvalue weighted by molar-refractivity contribution is 0.342. The van der Waals surface area contributed by atoms with Crippen LogP contribution < -0.4 is 15.0 Å². The van der Waals surface area contributed by atoms with Crippen LogP contribution in [0.1, 0.15) is 38.3 Å². The van der Waals surface area contributed by atoms with Crippen molar-refractivity contribution in [3.63, 3.8) is 0 Å². The first-order valence-corrected chi connectivity index (χ1v) is 8.86. The van der Waals surface area contributed by atoms with Gasteiger partial charge in [0.15, 0.2) is 0 Å². The summed E-state index contributed by atoms with van der Waals surface area (Å²) in [6.45, 7) is 6.73. The minimum atomic E-state index is 0.639. The quantitative estimate of drug-likeness (QED) is 0.887. The van der Waals surface area contributed by atoms with Crippen LogP contribution in [0, 0.1) is 6.92 Å². The van der Waals surface area contributed by atoms with Crippen LogP contribution in [-0.4, -0.2) is 29.7 Å². The second-order valence-corrected chi connectivity index (χ2v) is 6.15. The van der Waals surface area contributed by atoms with Gasteiger partial charge in [0, 0.05) is 24.8 Å². The summed E-state index contributed by atoms with van der Waals surface area (Å²) < 4.78 is 5.69. The number of anilines is 3. The largest absolute Gasteiger partial charge is 0.492 e. The van der Waals surface area contributed by atoms with Gasteiger partial charge in [0.1, 0.15) is 11.6 Å². The Morgan fingerprint density at radius 2 is 1.83 bits per heavy atom. The molecule has 0 unspecified atom stereocenters. The number of aryl methyl sites for hydroxylation is 1. The summed E-state index contributed by atoms with van der Waals surface area (Å²) in [7, 11) is 0. The van der Waals surface area contributed by atoms with Crippen molar-refractivity contribution < 1.29 is 4.74 Å². The van der Waals surface area contributed by atoms with Gasteiger partial charge in [-0.1, -0.05) is 25.0 Å². The Bertz CT molecular complexity index is 666. The first-order chi connectivity index (χ1) is 11.8. The molecular weight excluding hydrogens is 300 g/mol. The molecule has 0 bridgehead atoms. The van der Waals surface area contributed by atoms with Crippen LogP contribution in [0.4, 0.5) is 17.5 Å². The number of nitrogens with zero attached hydrogens (tertiary/aromatic N) is 3. The molecule has 128 valence electrons. The maximum atomic E-state index is 5.69. The Morgan fingerprint density at radius 3 is 2.58 bits per heavy atom. The van der Waals surface area contributed by atoms with E-state index in [2.05, 4.69) is 15.2 Å². The normalized spacial score (nSPS) is 15.0. The Labute approximate surface area is 144 Å². The van der Waals surface area contributed by atoms with E-state index in [9.17, 15) is 0 Å². The van der Waals surface area contributed by atoms with E-state index in [1.54, 1.807) is 0 Å². The third-order valence-electron chi connectivity index (χ3n) is 4.18. The number of nitrogens with one attached hydrogen (secondary N) is 1. The van der Waals surface area contributed by atoms with Crippen molar-refractivity contribution in [3.05, 3.63) is 36.0 Å². The third kappa shape index (κ3) is 4.16. The molecule has 5 heteroatoms. The molecule has 0 atom stereocenters. The minimum Gasteiger partial charge on any atom is -0.492 e. The van der Waals surface area contributed by atoms with Crippen LogP contribution in [0.3, 0.4) is 0 Å². The number of benzene rings is 1. The van der Waals surface area contributed by atoms with Gasteiger partial charge in [-0.3, -0.25) is 0 Å². The lowest BCUT2D eigenvalue weighted by Gasteiger charge is -2.21. The summed E-state index contributed by atoms with van der Waals surface area (Å²) >= 11 is 0. The van der Waals surface area contributed by atoms with E-state index < -0.39 is 0 Å². The van der Waals surface area contributed by atoms with Crippen LogP contribution in [0.25, 0.3) is 0 Å². The van der Waals surface area contributed by atoms with Crippen molar-refractivity contribution in [2.24, 2.45) is 0 Å². The molecule has 1 aromatic carbocycles. The minimum absolute atomic E-state index is 0.639. The van der Waals surface area contributed by atoms with Gasteiger partial charge in [-0.15, -0.1) is 0 Å². The standard InChI is InChI=1S/C19H26N4O/c1-3-24-17-11-7-6-10-16(17)21-18-14-15(2)20-19(22-18)23-12-8-4-5-9-13-23/h6-7,10-11,14H,3-5,8-9,12-13H2,1-2H3,(H,20,21,22). The molecule has 0 aliphatic carbocycles. The maximum Gasteiger partial charge on any atom is 0.227 e. The highest BCUT2D eigenvalue weighted by Crippen LogP contribution is 2.28. The smallest absolute Gasteiger partial charge is 0.227 e. The van der Waals surface area contributed by atoms with Crippen molar-refractivity contribution in [1.82, 2.24) is 9.97 Å². The first kappa shape index (κ1) is 16.6. The van der Waals surface area contributed by atoms with Crippen LogP contribution in [-0.2, 0) is 0 Å². The lowest BCUT2D eigenvalue weighted by atomic mass is 10.2. The fourth-order valence-electron chi connectivity index (χ4n) is 3.02. The van der Waals surface area contributed by atoms with Gasteiger partial charge in [-0.25, -0.2) is 4.98 Å². The van der Waals surface area contributed by atoms with Gasteiger partial charge in [-0.05, 0) is 38.8 Å². The van der Waals surface area contributed by atoms with E-state index in [-0.39, 0.29) is 0 Å². The maximum absolute atomic E-state index is 5.69. The van der Waals surface area contributed by atoms with E-state index in [0.717, 1.165) is 42.0 Å². The topological polar surface area (TPSA) is 50.3 Å². The summed E-state index contributed by atoms with van der Waals surface area (Å²) in [6.07, 6.45) is 5.03. The van der Waals surface area contributed by atoms with Gasteiger partial charge in [-0.2, -0.15) is 4.98 Å². The Morgan fingerprint density at radius 1 is 1.08 bits per heavy atom. The van der Waals surface area contributed by atoms with Crippen molar-refractivity contribution in [3.8, 4) is 5.75 Å². The fraction of sp³-hybridized carbons (Fsp3) is 0.474. The van der Waals surface area contributed by atoms with Gasteiger partial charge in [0.2, 0.25) is 5.95 Å². The molecule has 2 aromatic rings. The zero-order valence-electron chi connectivity index (χ0n) is 14.6. The summed E-state index contributed by atoms with van der Waals surface area (Å²) in [5.41, 5.74) is 1.90. The second kappa shape index (κ2) is 7.99. The van der Waals surface area contributed by atoms with Crippen molar-refractivity contribution >= 4 is 17.5 Å². The summed E-state index contributed by atoms with van der Waals surface area (Å²) in [4.78, 5) is 11.7. The molecule has 3 rings (SSSR count). The Balaban J connectivity index is 1.83. The molecule has 24 heavy (non-hydrogen) atoms. The molecule has 0 spiro atoms. The predicted octanol–water partition coefficient (Wildman–Crippen LogP) is 4.31. The molecule has 1 saturated heterocycles. The molecule has 0 radical (unpaired) electrons. The van der Waals surface area contributed by atoms with Gasteiger partial charge >= 0.3 is 0 Å². The van der Waals surface area contributed by atoms with E-state index in [4.69, 9.17) is 9.72 Å². The van der Waals surface area contributed by atoms with Gasteiger partial charge < -0.3 is 15.0 Å². The molecule has 0 saturated carbocycles. The van der Waals surface area contributed by atoms with Crippen molar-refractivity contribution in [2.45, 2.75) is 39.5 Å². The molecule has 0 amide bonds. The predicted molar refractivity (Wildman–Crippen MR) is 98.3 cm³/mol. The van der Waals surface area contributed by atoms with Gasteiger partial charge in [0.05, 0.1) is 12.3 Å². The molecule has 1 aromatic heterocycles. The average Bonchev–Trinajstić information content (AvgIpc) is 2.86. The molecule has 1 fully saturated rings. The van der Waals surface area contributed by atoms with Crippen molar-refractivity contribution in [2.75, 3.05) is 29.9 Å². The first-order valence-electron chi connectivity index (χ1n) is 8.86. The van der Waals surface area contributed by atoms with E-state index in [1.807, 2.05) is 44.2 Å². The molecule has 1 aliphatic rings. The van der Waals surface area contributed by atoms with Crippen LogP contribution in [0.5, 0.6) is 5.75 Å². The summed E-state index contributed by atoms with van der Waals surface area (Å²) in [6, 6.07) is 9.92. The number of para-hydroxylation sites is 2. The molecule has 5 nitrogen and oxygen atoms in total. The van der Waals surface area contributed by atoms with E-state index in [1.165, 1.54) is 25.7 Å². The molecule has 1 N–H and O–H groups in total. The highest BCUT2D eigenvalue weighted by molar-refractivity contribution is 5.64. The van der Waals surface area contributed by atoms with Crippen molar-refractivity contribution in [1.29, 1.82) is 0 Å². The highest BCUT2D eigenvalue weighted by Gasteiger charge is 2.14. The zero-order valence-corrected chi connectivity index (χ0v) is 14.6. The zero-order chi connectivity index (χ0) is 16.8. The summed E-state index contributed by atoms with van der Waals surface area (Å²) in [5.74, 6) is 2.48. The molecule has 2 heterocycles. The second-order valence-electron chi connectivity index (χ2n) is 6.15. The lowest BCUT2D eigenvalue weighted by Crippen LogP contribution is -2.26. The SMILES string of the molecule is CCOc1ccccc1Nc1cc(C)nc(N2CCCCCC2)n1. The molecule has 1 aliphatic heterocycles. The number of aromatic nitrogens is 2. The van der Waals surface area contributed by atoms with Crippen LogP contribution in [0.2, 0.25) is 0 Å². The van der Waals surface area contributed by atoms with E-state index in [0.29, 0.717) is 6.61 Å².